The van der Waals surface area contributed by atoms with Gasteiger partial charge in [0.15, 0.2) is 0 Å². The predicted octanol–water partition coefficient (Wildman–Crippen LogP) is 3.60. The first-order chi connectivity index (χ1) is 12.8. The molecule has 5 nitrogen and oxygen atoms in total. The molecule has 2 heterocycles. The van der Waals surface area contributed by atoms with E-state index in [0.717, 1.165) is 31.1 Å². The zero-order valence-electron chi connectivity index (χ0n) is 15.2. The Balaban J connectivity index is 1.50. The molecule has 1 aliphatic rings. The van der Waals surface area contributed by atoms with Crippen LogP contribution in [0.4, 0.5) is 11.4 Å². The number of benzene rings is 2. The van der Waals surface area contributed by atoms with Crippen LogP contribution in [0.15, 0.2) is 67.0 Å². The van der Waals surface area contributed by atoms with Crippen LogP contribution in [-0.2, 0) is 0 Å². The molecular weight excluding hydrogens is 324 g/mol. The topological polar surface area (TPSA) is 33.5 Å². The van der Waals surface area contributed by atoms with E-state index in [0.29, 0.717) is 6.04 Å². The monoisotopic (exact) mass is 348 g/mol. The van der Waals surface area contributed by atoms with Crippen molar-refractivity contribution in [1.82, 2.24) is 9.78 Å². The summed E-state index contributed by atoms with van der Waals surface area (Å²) >= 11 is 0. The highest BCUT2D eigenvalue weighted by atomic mass is 16.5. The maximum Gasteiger partial charge on any atom is 0.142 e. The number of para-hydroxylation sites is 3. The highest BCUT2D eigenvalue weighted by Gasteiger charge is 2.26. The van der Waals surface area contributed by atoms with Crippen molar-refractivity contribution in [2.24, 2.45) is 0 Å². The molecule has 2 aromatic carbocycles. The summed E-state index contributed by atoms with van der Waals surface area (Å²) in [5, 5.41) is 4.54. The average molecular weight is 348 g/mol. The summed E-state index contributed by atoms with van der Waals surface area (Å²) in [4.78, 5) is 4.83. The molecule has 0 saturated carbocycles. The second-order valence-electron chi connectivity index (χ2n) is 6.64. The summed E-state index contributed by atoms with van der Waals surface area (Å²) in [5.74, 6) is 0.935. The molecule has 0 aliphatic carbocycles. The van der Waals surface area contributed by atoms with Crippen LogP contribution >= 0.6 is 0 Å². The molecule has 4 rings (SSSR count). The third kappa shape index (κ3) is 3.12. The minimum atomic E-state index is 0.391. The fourth-order valence-electron chi connectivity index (χ4n) is 3.63. The lowest BCUT2D eigenvalue weighted by Crippen LogP contribution is -2.52. The van der Waals surface area contributed by atoms with Crippen molar-refractivity contribution in [2.45, 2.75) is 13.0 Å². The fourth-order valence-corrected chi connectivity index (χ4v) is 3.63. The zero-order valence-corrected chi connectivity index (χ0v) is 15.2. The van der Waals surface area contributed by atoms with Crippen LogP contribution in [0.3, 0.4) is 0 Å². The minimum absolute atomic E-state index is 0.391. The SMILES string of the molecule is COc1ccccc1N1CCN(c2cnn(-c3ccccc3)c2)C(C)C1. The summed E-state index contributed by atoms with van der Waals surface area (Å²) < 4.78 is 7.47. The number of hydrogen-bond acceptors (Lipinski definition) is 4. The van der Waals surface area contributed by atoms with Crippen LogP contribution in [0.5, 0.6) is 5.75 Å². The van der Waals surface area contributed by atoms with Crippen LogP contribution in [-0.4, -0.2) is 42.6 Å². The number of nitrogens with zero attached hydrogens (tertiary/aromatic N) is 4. The summed E-state index contributed by atoms with van der Waals surface area (Å²) in [7, 11) is 1.73. The van der Waals surface area contributed by atoms with Gasteiger partial charge in [-0.15, -0.1) is 0 Å². The van der Waals surface area contributed by atoms with E-state index in [4.69, 9.17) is 4.74 Å². The van der Waals surface area contributed by atoms with E-state index >= 15 is 0 Å². The molecule has 134 valence electrons. The number of hydrogen-bond donors (Lipinski definition) is 0. The number of aromatic nitrogens is 2. The Morgan fingerprint density at radius 2 is 1.73 bits per heavy atom. The van der Waals surface area contributed by atoms with Gasteiger partial charge in [0, 0.05) is 25.7 Å². The first-order valence-corrected chi connectivity index (χ1v) is 9.01. The standard InChI is InChI=1S/C21H24N4O/c1-17-15-23(20-10-6-7-11-21(20)26-2)12-13-24(17)19-14-22-25(16-19)18-8-4-3-5-9-18/h3-11,14,16-17H,12-13,15H2,1-2H3. The Morgan fingerprint density at radius 1 is 0.962 bits per heavy atom. The normalized spacial score (nSPS) is 17.4. The maximum atomic E-state index is 5.53. The van der Waals surface area contributed by atoms with Gasteiger partial charge < -0.3 is 14.5 Å². The Kier molecular flexibility index (Phi) is 4.52. The van der Waals surface area contributed by atoms with Crippen molar-refractivity contribution in [1.29, 1.82) is 0 Å². The summed E-state index contributed by atoms with van der Waals surface area (Å²) in [6.07, 6.45) is 4.08. The Morgan fingerprint density at radius 3 is 2.50 bits per heavy atom. The lowest BCUT2D eigenvalue weighted by molar-refractivity contribution is 0.412. The molecule has 1 unspecified atom stereocenters. The molecule has 0 spiro atoms. The van der Waals surface area contributed by atoms with Crippen LogP contribution in [0.2, 0.25) is 0 Å². The lowest BCUT2D eigenvalue weighted by atomic mass is 10.1. The van der Waals surface area contributed by atoms with Gasteiger partial charge in [0.1, 0.15) is 5.75 Å². The van der Waals surface area contributed by atoms with Crippen LogP contribution < -0.4 is 14.5 Å². The van der Waals surface area contributed by atoms with Crippen LogP contribution in [0, 0.1) is 0 Å². The molecule has 0 N–H and O–H groups in total. The van der Waals surface area contributed by atoms with E-state index < -0.39 is 0 Å². The largest absolute Gasteiger partial charge is 0.495 e. The van der Waals surface area contributed by atoms with E-state index in [9.17, 15) is 0 Å². The smallest absolute Gasteiger partial charge is 0.142 e. The molecule has 0 radical (unpaired) electrons. The molecule has 3 aromatic rings. The Hall–Kier alpha value is -2.95. The molecule has 26 heavy (non-hydrogen) atoms. The van der Waals surface area contributed by atoms with Gasteiger partial charge in [0.25, 0.3) is 0 Å². The summed E-state index contributed by atoms with van der Waals surface area (Å²) in [6.45, 7) is 5.14. The Bertz CT molecular complexity index is 861. The van der Waals surface area contributed by atoms with Gasteiger partial charge in [0.05, 0.1) is 36.6 Å². The third-order valence-electron chi connectivity index (χ3n) is 4.97. The van der Waals surface area contributed by atoms with Crippen molar-refractivity contribution in [2.75, 3.05) is 36.5 Å². The van der Waals surface area contributed by atoms with Gasteiger partial charge in [-0.1, -0.05) is 30.3 Å². The van der Waals surface area contributed by atoms with E-state index in [1.807, 2.05) is 41.2 Å². The van der Waals surface area contributed by atoms with Crippen molar-refractivity contribution in [3.63, 3.8) is 0 Å². The van der Waals surface area contributed by atoms with Crippen molar-refractivity contribution in [3.8, 4) is 11.4 Å². The minimum Gasteiger partial charge on any atom is -0.495 e. The first kappa shape index (κ1) is 16.5. The summed E-state index contributed by atoms with van der Waals surface area (Å²) in [6, 6.07) is 18.9. The molecular formula is C21H24N4O. The van der Waals surface area contributed by atoms with E-state index in [1.165, 1.54) is 11.4 Å². The second-order valence-corrected chi connectivity index (χ2v) is 6.64. The molecule has 1 fully saturated rings. The fraction of sp³-hybridized carbons (Fsp3) is 0.286. The quantitative estimate of drug-likeness (QED) is 0.721. The number of methoxy groups -OCH3 is 1. The highest BCUT2D eigenvalue weighted by molar-refractivity contribution is 5.60. The van der Waals surface area contributed by atoms with Gasteiger partial charge in [0.2, 0.25) is 0 Å². The van der Waals surface area contributed by atoms with Crippen molar-refractivity contribution in [3.05, 3.63) is 67.0 Å². The van der Waals surface area contributed by atoms with Crippen molar-refractivity contribution < 1.29 is 4.74 Å². The van der Waals surface area contributed by atoms with Gasteiger partial charge in [-0.25, -0.2) is 4.68 Å². The molecule has 0 amide bonds. The lowest BCUT2D eigenvalue weighted by Gasteiger charge is -2.42. The van der Waals surface area contributed by atoms with E-state index in [-0.39, 0.29) is 0 Å². The highest BCUT2D eigenvalue weighted by Crippen LogP contribution is 2.30. The molecule has 1 aliphatic heterocycles. The third-order valence-corrected chi connectivity index (χ3v) is 4.97. The van der Waals surface area contributed by atoms with Gasteiger partial charge in [-0.3, -0.25) is 0 Å². The van der Waals surface area contributed by atoms with Crippen molar-refractivity contribution >= 4 is 11.4 Å². The number of anilines is 2. The molecule has 0 bridgehead atoms. The van der Waals surface area contributed by atoms with Gasteiger partial charge >= 0.3 is 0 Å². The maximum absolute atomic E-state index is 5.53. The predicted molar refractivity (Wildman–Crippen MR) is 106 cm³/mol. The van der Waals surface area contributed by atoms with Gasteiger partial charge in [-0.05, 0) is 31.2 Å². The molecule has 1 atom stereocenters. The first-order valence-electron chi connectivity index (χ1n) is 9.01. The van der Waals surface area contributed by atoms with Crippen LogP contribution in [0.25, 0.3) is 5.69 Å². The molecule has 5 heteroatoms. The second kappa shape index (κ2) is 7.12. The average Bonchev–Trinajstić information content (AvgIpc) is 3.18. The summed E-state index contributed by atoms with van der Waals surface area (Å²) in [5.41, 5.74) is 3.42. The number of rotatable bonds is 4. The number of ether oxygens (including phenoxy) is 1. The van der Waals surface area contributed by atoms with E-state index in [1.54, 1.807) is 7.11 Å². The van der Waals surface area contributed by atoms with Gasteiger partial charge in [-0.2, -0.15) is 5.10 Å². The Labute approximate surface area is 154 Å². The number of piperazine rings is 1. The zero-order chi connectivity index (χ0) is 17.9. The molecule has 1 saturated heterocycles. The van der Waals surface area contributed by atoms with E-state index in [2.05, 4.69) is 52.3 Å². The van der Waals surface area contributed by atoms with Crippen LogP contribution in [0.1, 0.15) is 6.92 Å². The molecule has 1 aromatic heterocycles.